The summed E-state index contributed by atoms with van der Waals surface area (Å²) in [7, 11) is 0. The second-order valence-corrected chi connectivity index (χ2v) is 6.53. The molecule has 1 fully saturated rings. The Bertz CT molecular complexity index is 827. The van der Waals surface area contributed by atoms with Crippen LogP contribution in [0, 0.1) is 6.92 Å². The number of nitrogens with zero attached hydrogens (tertiary/aromatic N) is 3. The molecule has 3 amide bonds. The molecule has 1 aliphatic heterocycles. The highest BCUT2D eigenvalue weighted by atomic mass is 16.2. The van der Waals surface area contributed by atoms with Crippen molar-refractivity contribution in [3.8, 4) is 0 Å². The maximum atomic E-state index is 12.6. The molecule has 7 heteroatoms. The Hall–Kier alpha value is -3.22. The molecule has 1 aromatic heterocycles. The van der Waals surface area contributed by atoms with Crippen LogP contribution in [0.1, 0.15) is 32.0 Å². The van der Waals surface area contributed by atoms with Crippen molar-refractivity contribution >= 4 is 18.2 Å². The first-order chi connectivity index (χ1) is 13.1. The summed E-state index contributed by atoms with van der Waals surface area (Å²) in [5.74, 6) is -0.480. The zero-order chi connectivity index (χ0) is 19.2. The third-order valence-corrected chi connectivity index (χ3v) is 4.56. The van der Waals surface area contributed by atoms with E-state index in [1.165, 1.54) is 12.3 Å². The van der Waals surface area contributed by atoms with Crippen LogP contribution in [0.5, 0.6) is 0 Å². The summed E-state index contributed by atoms with van der Waals surface area (Å²) in [6, 6.07) is 11.0. The SMILES string of the molecule is Cc1ccc(CNC(=O)c2cc(C(=O)N3CCN(C=O)CC3)ccn2)cc1. The van der Waals surface area contributed by atoms with Gasteiger partial charge in [-0.05, 0) is 24.6 Å². The molecular weight excluding hydrogens is 344 g/mol. The monoisotopic (exact) mass is 366 g/mol. The second-order valence-electron chi connectivity index (χ2n) is 6.53. The number of aromatic nitrogens is 1. The maximum absolute atomic E-state index is 12.6. The van der Waals surface area contributed by atoms with Crippen molar-refractivity contribution in [1.29, 1.82) is 0 Å². The topological polar surface area (TPSA) is 82.6 Å². The lowest BCUT2D eigenvalue weighted by Crippen LogP contribution is -2.48. The quantitative estimate of drug-likeness (QED) is 0.807. The first kappa shape index (κ1) is 18.6. The molecule has 27 heavy (non-hydrogen) atoms. The first-order valence-electron chi connectivity index (χ1n) is 8.85. The predicted molar refractivity (Wildman–Crippen MR) is 100 cm³/mol. The van der Waals surface area contributed by atoms with E-state index in [1.54, 1.807) is 15.9 Å². The standard InChI is InChI=1S/C20H22N4O3/c1-15-2-4-16(5-3-15)13-22-19(26)18-12-17(6-7-21-18)20(27)24-10-8-23(14-25)9-11-24/h2-7,12,14H,8-11,13H2,1H3,(H,22,26). The summed E-state index contributed by atoms with van der Waals surface area (Å²) in [4.78, 5) is 43.2. The number of amides is 3. The molecule has 0 radical (unpaired) electrons. The Morgan fingerprint density at radius 2 is 1.81 bits per heavy atom. The van der Waals surface area contributed by atoms with Crippen LogP contribution in [0.4, 0.5) is 0 Å². The molecular formula is C20H22N4O3. The van der Waals surface area contributed by atoms with E-state index in [4.69, 9.17) is 0 Å². The number of aryl methyl sites for hydroxylation is 1. The zero-order valence-corrected chi connectivity index (χ0v) is 15.2. The third kappa shape index (κ3) is 4.69. The number of pyridine rings is 1. The van der Waals surface area contributed by atoms with Gasteiger partial charge in [-0.2, -0.15) is 0 Å². The van der Waals surface area contributed by atoms with Gasteiger partial charge in [0.15, 0.2) is 0 Å². The van der Waals surface area contributed by atoms with E-state index in [0.29, 0.717) is 38.3 Å². The van der Waals surface area contributed by atoms with Gasteiger partial charge in [-0.15, -0.1) is 0 Å². The first-order valence-corrected chi connectivity index (χ1v) is 8.85. The molecule has 140 valence electrons. The molecule has 2 heterocycles. The minimum atomic E-state index is -0.323. The fraction of sp³-hybridized carbons (Fsp3) is 0.300. The molecule has 1 aromatic carbocycles. The van der Waals surface area contributed by atoms with Crippen LogP contribution in [0.2, 0.25) is 0 Å². The summed E-state index contributed by atoms with van der Waals surface area (Å²) in [5, 5.41) is 2.82. The molecule has 0 bridgehead atoms. The fourth-order valence-electron chi connectivity index (χ4n) is 2.88. The highest BCUT2D eigenvalue weighted by molar-refractivity contribution is 5.98. The van der Waals surface area contributed by atoms with Gasteiger partial charge in [-0.25, -0.2) is 0 Å². The fourth-order valence-corrected chi connectivity index (χ4v) is 2.88. The van der Waals surface area contributed by atoms with Gasteiger partial charge in [0.05, 0.1) is 0 Å². The van der Waals surface area contributed by atoms with Gasteiger partial charge < -0.3 is 15.1 Å². The van der Waals surface area contributed by atoms with Crippen LogP contribution >= 0.6 is 0 Å². The molecule has 0 saturated carbocycles. The van der Waals surface area contributed by atoms with Gasteiger partial charge in [0.25, 0.3) is 11.8 Å². The van der Waals surface area contributed by atoms with Crippen LogP contribution < -0.4 is 5.32 Å². The van der Waals surface area contributed by atoms with Crippen LogP contribution in [0.3, 0.4) is 0 Å². The number of nitrogens with one attached hydrogen (secondary N) is 1. The lowest BCUT2D eigenvalue weighted by atomic mass is 10.1. The Morgan fingerprint density at radius 1 is 1.11 bits per heavy atom. The summed E-state index contributed by atoms with van der Waals surface area (Å²) in [6.45, 7) is 4.40. The smallest absolute Gasteiger partial charge is 0.270 e. The van der Waals surface area contributed by atoms with Crippen LogP contribution in [0.15, 0.2) is 42.6 Å². The summed E-state index contributed by atoms with van der Waals surface area (Å²) in [5.41, 5.74) is 2.78. The summed E-state index contributed by atoms with van der Waals surface area (Å²) in [6.07, 6.45) is 2.26. The van der Waals surface area contributed by atoms with E-state index in [-0.39, 0.29) is 17.5 Å². The number of hydrogen-bond acceptors (Lipinski definition) is 4. The van der Waals surface area contributed by atoms with E-state index < -0.39 is 0 Å². The summed E-state index contributed by atoms with van der Waals surface area (Å²) < 4.78 is 0. The Labute approximate surface area is 158 Å². The molecule has 0 spiro atoms. The average molecular weight is 366 g/mol. The Balaban J connectivity index is 1.62. The Morgan fingerprint density at radius 3 is 2.48 bits per heavy atom. The van der Waals surface area contributed by atoms with Crippen molar-refractivity contribution in [1.82, 2.24) is 20.1 Å². The highest BCUT2D eigenvalue weighted by Gasteiger charge is 2.22. The van der Waals surface area contributed by atoms with Crippen molar-refractivity contribution in [2.45, 2.75) is 13.5 Å². The van der Waals surface area contributed by atoms with E-state index >= 15 is 0 Å². The number of carbonyl (C=O) groups excluding carboxylic acids is 3. The van der Waals surface area contributed by atoms with E-state index in [0.717, 1.165) is 17.5 Å². The van der Waals surface area contributed by atoms with Gasteiger partial charge in [0.1, 0.15) is 5.69 Å². The molecule has 3 rings (SSSR count). The normalized spacial score (nSPS) is 14.0. The van der Waals surface area contributed by atoms with E-state index in [1.807, 2.05) is 31.2 Å². The molecule has 0 atom stereocenters. The predicted octanol–water partition coefficient (Wildman–Crippen LogP) is 1.23. The van der Waals surface area contributed by atoms with Crippen LogP contribution in [0.25, 0.3) is 0 Å². The van der Waals surface area contributed by atoms with E-state index in [9.17, 15) is 14.4 Å². The Kier molecular flexibility index (Phi) is 5.80. The highest BCUT2D eigenvalue weighted by Crippen LogP contribution is 2.10. The van der Waals surface area contributed by atoms with Gasteiger partial charge in [0, 0.05) is 44.5 Å². The van der Waals surface area contributed by atoms with Gasteiger partial charge in [-0.1, -0.05) is 29.8 Å². The van der Waals surface area contributed by atoms with Gasteiger partial charge >= 0.3 is 0 Å². The molecule has 1 N–H and O–H groups in total. The zero-order valence-electron chi connectivity index (χ0n) is 15.2. The number of rotatable bonds is 5. The molecule has 0 aliphatic carbocycles. The number of piperazine rings is 1. The number of benzene rings is 1. The van der Waals surface area contributed by atoms with E-state index in [2.05, 4.69) is 10.3 Å². The third-order valence-electron chi connectivity index (χ3n) is 4.56. The average Bonchev–Trinajstić information content (AvgIpc) is 2.72. The number of carbonyl (C=O) groups is 3. The van der Waals surface area contributed by atoms with Crippen molar-refractivity contribution in [3.05, 3.63) is 65.0 Å². The van der Waals surface area contributed by atoms with Crippen LogP contribution in [-0.4, -0.2) is 59.2 Å². The minimum Gasteiger partial charge on any atom is -0.347 e. The lowest BCUT2D eigenvalue weighted by molar-refractivity contribution is -0.119. The van der Waals surface area contributed by atoms with Gasteiger partial charge in [0.2, 0.25) is 6.41 Å². The largest absolute Gasteiger partial charge is 0.347 e. The van der Waals surface area contributed by atoms with Crippen molar-refractivity contribution in [3.63, 3.8) is 0 Å². The van der Waals surface area contributed by atoms with Crippen LogP contribution in [-0.2, 0) is 11.3 Å². The molecule has 7 nitrogen and oxygen atoms in total. The maximum Gasteiger partial charge on any atom is 0.270 e. The molecule has 1 aliphatic rings. The second kappa shape index (κ2) is 8.44. The van der Waals surface area contributed by atoms with Crippen molar-refractivity contribution < 1.29 is 14.4 Å². The molecule has 1 saturated heterocycles. The van der Waals surface area contributed by atoms with Crippen molar-refractivity contribution in [2.24, 2.45) is 0 Å². The number of hydrogen-bond donors (Lipinski definition) is 1. The lowest BCUT2D eigenvalue weighted by Gasteiger charge is -2.32. The van der Waals surface area contributed by atoms with Gasteiger partial charge in [-0.3, -0.25) is 19.4 Å². The molecule has 2 aromatic rings. The molecule has 0 unspecified atom stereocenters. The van der Waals surface area contributed by atoms with Crippen molar-refractivity contribution in [2.75, 3.05) is 26.2 Å². The minimum absolute atomic E-state index is 0.157. The summed E-state index contributed by atoms with van der Waals surface area (Å²) >= 11 is 0.